The Hall–Kier alpha value is -3.08. The largest absolute Gasteiger partial charge is 0.444 e. The average Bonchev–Trinajstić information content (AvgIpc) is 3.01. The highest BCUT2D eigenvalue weighted by atomic mass is 16.6. The Morgan fingerprint density at radius 2 is 1.62 bits per heavy atom. The molecule has 3 aromatic rings. The molecule has 0 aliphatic rings. The lowest BCUT2D eigenvalue weighted by Gasteiger charge is -2.24. The van der Waals surface area contributed by atoms with Crippen LogP contribution in [-0.4, -0.2) is 21.2 Å². The standard InChI is InChI=1S/C24H29N3O2/c1-18-16-27(17-20-13-9-6-10-14-20)22(25-18)21(15-19-11-7-5-8-12-19)26-23(28)29-24(2,3)4/h5-14,16,21H,15,17H2,1-4H3,(H,26,28)/t21-/m0/s1. The maximum Gasteiger partial charge on any atom is 0.408 e. The molecule has 1 N–H and O–H groups in total. The summed E-state index contributed by atoms with van der Waals surface area (Å²) in [6.07, 6.45) is 2.22. The maximum absolute atomic E-state index is 12.5. The van der Waals surface area contributed by atoms with Gasteiger partial charge in [-0.15, -0.1) is 0 Å². The lowest BCUT2D eigenvalue weighted by atomic mass is 10.1. The summed E-state index contributed by atoms with van der Waals surface area (Å²) in [5, 5.41) is 3.03. The van der Waals surface area contributed by atoms with Gasteiger partial charge in [0.25, 0.3) is 0 Å². The Kier molecular flexibility index (Phi) is 6.37. The van der Waals surface area contributed by atoms with Gasteiger partial charge in [0.05, 0.1) is 11.7 Å². The Bertz CT molecular complexity index is 928. The number of ether oxygens (including phenoxy) is 1. The van der Waals surface area contributed by atoms with Crippen molar-refractivity contribution in [2.24, 2.45) is 0 Å². The minimum Gasteiger partial charge on any atom is -0.444 e. The van der Waals surface area contributed by atoms with Gasteiger partial charge < -0.3 is 14.6 Å². The summed E-state index contributed by atoms with van der Waals surface area (Å²) in [6.45, 7) is 8.24. The van der Waals surface area contributed by atoms with Crippen molar-refractivity contribution in [3.05, 3.63) is 89.5 Å². The summed E-state index contributed by atoms with van der Waals surface area (Å²) in [4.78, 5) is 17.3. The van der Waals surface area contributed by atoms with Gasteiger partial charge in [0.1, 0.15) is 11.4 Å². The van der Waals surface area contributed by atoms with Crippen LogP contribution in [0.15, 0.2) is 66.9 Å². The molecule has 1 heterocycles. The van der Waals surface area contributed by atoms with Gasteiger partial charge in [-0.2, -0.15) is 0 Å². The first-order chi connectivity index (χ1) is 13.8. The molecule has 0 saturated heterocycles. The quantitative estimate of drug-likeness (QED) is 0.640. The molecule has 0 fully saturated rings. The van der Waals surface area contributed by atoms with E-state index in [0.717, 1.165) is 17.1 Å². The number of rotatable bonds is 6. The second-order valence-electron chi connectivity index (χ2n) is 8.24. The van der Waals surface area contributed by atoms with Gasteiger partial charge >= 0.3 is 6.09 Å². The van der Waals surface area contributed by atoms with Gasteiger partial charge in [0.2, 0.25) is 0 Å². The van der Waals surface area contributed by atoms with Crippen LogP contribution in [0.2, 0.25) is 0 Å². The fourth-order valence-corrected chi connectivity index (χ4v) is 3.26. The Balaban J connectivity index is 1.89. The smallest absolute Gasteiger partial charge is 0.408 e. The van der Waals surface area contributed by atoms with E-state index in [9.17, 15) is 4.79 Å². The van der Waals surface area contributed by atoms with E-state index in [2.05, 4.69) is 34.1 Å². The summed E-state index contributed by atoms with van der Waals surface area (Å²) in [5.41, 5.74) is 2.67. The molecule has 152 valence electrons. The van der Waals surface area contributed by atoms with Gasteiger partial charge in [-0.05, 0) is 38.8 Å². The highest BCUT2D eigenvalue weighted by Crippen LogP contribution is 2.21. The lowest BCUT2D eigenvalue weighted by Crippen LogP contribution is -2.37. The van der Waals surface area contributed by atoms with Crippen molar-refractivity contribution in [1.29, 1.82) is 0 Å². The van der Waals surface area contributed by atoms with Crippen LogP contribution in [-0.2, 0) is 17.7 Å². The first-order valence-corrected chi connectivity index (χ1v) is 9.91. The number of carbonyl (C=O) groups is 1. The van der Waals surface area contributed by atoms with Crippen LogP contribution < -0.4 is 5.32 Å². The number of aromatic nitrogens is 2. The van der Waals surface area contributed by atoms with E-state index < -0.39 is 11.7 Å². The molecule has 0 bridgehead atoms. The molecule has 0 spiro atoms. The molecule has 2 aromatic carbocycles. The van der Waals surface area contributed by atoms with E-state index >= 15 is 0 Å². The number of nitrogens with zero attached hydrogens (tertiary/aromatic N) is 2. The second-order valence-corrected chi connectivity index (χ2v) is 8.24. The van der Waals surface area contributed by atoms with Gasteiger partial charge in [0, 0.05) is 19.2 Å². The first-order valence-electron chi connectivity index (χ1n) is 9.91. The number of imidazole rings is 1. The molecule has 3 rings (SSSR count). The van der Waals surface area contributed by atoms with Gasteiger partial charge in [-0.3, -0.25) is 0 Å². The summed E-state index contributed by atoms with van der Waals surface area (Å²) in [6, 6.07) is 20.0. The number of hydrogen-bond acceptors (Lipinski definition) is 3. The third-order valence-corrected chi connectivity index (χ3v) is 4.41. The monoisotopic (exact) mass is 391 g/mol. The molecule has 0 aliphatic carbocycles. The third kappa shape index (κ3) is 6.21. The topological polar surface area (TPSA) is 56.2 Å². The number of nitrogens with one attached hydrogen (secondary N) is 1. The number of amides is 1. The minimum absolute atomic E-state index is 0.301. The Morgan fingerprint density at radius 1 is 1.03 bits per heavy atom. The normalized spacial score (nSPS) is 12.4. The number of benzene rings is 2. The van der Waals surface area contributed by atoms with Crippen LogP contribution in [0.5, 0.6) is 0 Å². The van der Waals surface area contributed by atoms with Gasteiger partial charge in [-0.1, -0.05) is 60.7 Å². The Labute approximate surface area is 172 Å². The first kappa shape index (κ1) is 20.6. The fourth-order valence-electron chi connectivity index (χ4n) is 3.26. The predicted molar refractivity (Wildman–Crippen MR) is 115 cm³/mol. The molecule has 5 nitrogen and oxygen atoms in total. The van der Waals surface area contributed by atoms with Crippen LogP contribution in [0.4, 0.5) is 4.79 Å². The molecule has 0 aliphatic heterocycles. The fraction of sp³-hybridized carbons (Fsp3) is 0.333. The van der Waals surface area contributed by atoms with Crippen molar-refractivity contribution >= 4 is 6.09 Å². The zero-order valence-corrected chi connectivity index (χ0v) is 17.6. The minimum atomic E-state index is -0.559. The number of hydrogen-bond donors (Lipinski definition) is 1. The molecule has 5 heteroatoms. The molecule has 1 aromatic heterocycles. The van der Waals surface area contributed by atoms with Crippen LogP contribution in [0.25, 0.3) is 0 Å². The van der Waals surface area contributed by atoms with Crippen LogP contribution in [0.3, 0.4) is 0 Å². The van der Waals surface area contributed by atoms with E-state index in [1.807, 2.05) is 70.3 Å². The number of alkyl carbamates (subject to hydrolysis) is 1. The van der Waals surface area contributed by atoms with Crippen molar-refractivity contribution < 1.29 is 9.53 Å². The molecule has 29 heavy (non-hydrogen) atoms. The van der Waals surface area contributed by atoms with E-state index in [1.54, 1.807) is 0 Å². The SMILES string of the molecule is Cc1cn(Cc2ccccc2)c([C@H](Cc2ccccc2)NC(=O)OC(C)(C)C)n1. The highest BCUT2D eigenvalue weighted by molar-refractivity contribution is 5.68. The van der Waals surface area contributed by atoms with E-state index in [0.29, 0.717) is 13.0 Å². The van der Waals surface area contributed by atoms with E-state index in [-0.39, 0.29) is 6.04 Å². The van der Waals surface area contributed by atoms with Crippen LogP contribution in [0.1, 0.15) is 49.5 Å². The van der Waals surface area contributed by atoms with E-state index in [1.165, 1.54) is 5.56 Å². The summed E-state index contributed by atoms with van der Waals surface area (Å²) in [7, 11) is 0. The summed E-state index contributed by atoms with van der Waals surface area (Å²) in [5.74, 6) is 0.820. The number of carbonyl (C=O) groups excluding carboxylic acids is 1. The predicted octanol–water partition coefficient (Wildman–Crippen LogP) is 5.05. The lowest BCUT2D eigenvalue weighted by molar-refractivity contribution is 0.0500. The molecule has 0 unspecified atom stereocenters. The maximum atomic E-state index is 12.5. The van der Waals surface area contributed by atoms with Crippen molar-refractivity contribution in [3.63, 3.8) is 0 Å². The van der Waals surface area contributed by atoms with Gasteiger partial charge in [-0.25, -0.2) is 9.78 Å². The van der Waals surface area contributed by atoms with Crippen LogP contribution in [0, 0.1) is 6.92 Å². The van der Waals surface area contributed by atoms with Crippen LogP contribution >= 0.6 is 0 Å². The van der Waals surface area contributed by atoms with E-state index in [4.69, 9.17) is 9.72 Å². The zero-order chi connectivity index (χ0) is 20.9. The summed E-state index contributed by atoms with van der Waals surface area (Å²) >= 11 is 0. The molecular weight excluding hydrogens is 362 g/mol. The van der Waals surface area contributed by atoms with Crippen molar-refractivity contribution in [1.82, 2.24) is 14.9 Å². The average molecular weight is 392 g/mol. The Morgan fingerprint density at radius 3 is 2.21 bits per heavy atom. The zero-order valence-electron chi connectivity index (χ0n) is 17.6. The second kappa shape index (κ2) is 8.95. The molecule has 0 radical (unpaired) electrons. The molecule has 1 atom stereocenters. The highest BCUT2D eigenvalue weighted by Gasteiger charge is 2.24. The molecular formula is C24H29N3O2. The van der Waals surface area contributed by atoms with Gasteiger partial charge in [0.15, 0.2) is 0 Å². The number of aryl methyl sites for hydroxylation is 1. The van der Waals surface area contributed by atoms with Crippen molar-refractivity contribution in [2.75, 3.05) is 0 Å². The molecule has 1 amide bonds. The third-order valence-electron chi connectivity index (χ3n) is 4.41. The van der Waals surface area contributed by atoms with Crippen molar-refractivity contribution in [3.8, 4) is 0 Å². The van der Waals surface area contributed by atoms with Crippen molar-refractivity contribution in [2.45, 2.75) is 52.3 Å². The molecule has 0 saturated carbocycles. The summed E-state index contributed by atoms with van der Waals surface area (Å²) < 4.78 is 7.61.